The Kier molecular flexibility index (Phi) is 7.30. The Morgan fingerprint density at radius 3 is 2.58 bits per heavy atom. The van der Waals surface area contributed by atoms with Crippen LogP contribution in [-0.4, -0.2) is 35.7 Å². The number of ether oxygens (including phenoxy) is 2. The number of rotatable bonds is 6. The number of carbonyl (C=O) groups excluding carboxylic acids is 2. The van der Waals surface area contributed by atoms with Crippen LogP contribution in [0, 0.1) is 0 Å². The molecule has 1 unspecified atom stereocenters. The van der Waals surface area contributed by atoms with Crippen molar-refractivity contribution in [2.45, 2.75) is 64.5 Å². The van der Waals surface area contributed by atoms with E-state index in [9.17, 15) is 14.4 Å². The summed E-state index contributed by atoms with van der Waals surface area (Å²) in [4.78, 5) is 37.2. The first-order valence-electron chi connectivity index (χ1n) is 10.5. The Morgan fingerprint density at radius 2 is 1.90 bits per heavy atom. The molecule has 1 N–H and O–H groups in total. The fourth-order valence-electron chi connectivity index (χ4n) is 3.61. The Bertz CT molecular complexity index is 1020. The Balaban J connectivity index is 1.79. The zero-order valence-electron chi connectivity index (χ0n) is 18.4. The average Bonchev–Trinajstić information content (AvgIpc) is 2.69. The third-order valence-corrected chi connectivity index (χ3v) is 5.64. The maximum Gasteiger partial charge on any atom is 0.408 e. The molecule has 1 atom stereocenters. The number of fused-ring (bicyclic) bond motifs is 3. The molecule has 1 aromatic carbocycles. The highest BCUT2D eigenvalue weighted by Crippen LogP contribution is 2.29. The molecule has 168 valence electrons. The number of nitrogens with one attached hydrogen (secondary N) is 1. The van der Waals surface area contributed by atoms with Crippen molar-refractivity contribution in [2.24, 2.45) is 0 Å². The zero-order valence-corrected chi connectivity index (χ0v) is 19.2. The van der Waals surface area contributed by atoms with Crippen LogP contribution in [-0.2, 0) is 22.4 Å². The lowest BCUT2D eigenvalue weighted by atomic mass is 9.91. The lowest BCUT2D eigenvalue weighted by Crippen LogP contribution is -2.45. The van der Waals surface area contributed by atoms with Gasteiger partial charge in [0.25, 0.3) is 0 Å². The Hall–Kier alpha value is -2.48. The number of esters is 1. The van der Waals surface area contributed by atoms with E-state index in [1.807, 2.05) is 12.3 Å². The molecule has 0 aliphatic heterocycles. The molecule has 1 aliphatic rings. The molecule has 1 heterocycles. The van der Waals surface area contributed by atoms with Crippen LogP contribution < -0.4 is 15.7 Å². The van der Waals surface area contributed by atoms with Crippen molar-refractivity contribution in [2.75, 3.05) is 12.0 Å². The van der Waals surface area contributed by atoms with Crippen LogP contribution in [0.3, 0.4) is 0 Å². The lowest BCUT2D eigenvalue weighted by molar-refractivity contribution is -0.136. The smallest absolute Gasteiger partial charge is 0.408 e. The molecule has 1 amide bonds. The molecule has 0 fully saturated rings. The molecule has 2 aromatic rings. The van der Waals surface area contributed by atoms with Crippen LogP contribution in [0.15, 0.2) is 27.4 Å². The van der Waals surface area contributed by atoms with Crippen molar-refractivity contribution in [3.05, 3.63) is 39.7 Å². The number of aryl methyl sites for hydroxylation is 1. The van der Waals surface area contributed by atoms with E-state index < -0.39 is 23.7 Å². The maximum atomic E-state index is 12.8. The van der Waals surface area contributed by atoms with E-state index >= 15 is 0 Å². The van der Waals surface area contributed by atoms with Gasteiger partial charge in [-0.15, -0.1) is 0 Å². The number of amides is 1. The molecule has 1 aromatic heterocycles. The topological polar surface area (TPSA) is 94.8 Å². The predicted octanol–water partition coefficient (Wildman–Crippen LogP) is 4.22. The highest BCUT2D eigenvalue weighted by Gasteiger charge is 2.26. The molecule has 0 bridgehead atoms. The van der Waals surface area contributed by atoms with Gasteiger partial charge >= 0.3 is 17.7 Å². The highest BCUT2D eigenvalue weighted by molar-refractivity contribution is 7.98. The van der Waals surface area contributed by atoms with E-state index in [0.29, 0.717) is 17.8 Å². The molecular weight excluding hydrogens is 418 g/mol. The second-order valence-electron chi connectivity index (χ2n) is 8.61. The molecule has 8 heteroatoms. The fraction of sp³-hybridized carbons (Fsp3) is 0.522. The first kappa shape index (κ1) is 23.2. The van der Waals surface area contributed by atoms with Gasteiger partial charge in [-0.3, -0.25) is 0 Å². The SMILES string of the molecule is CSCCC(NC(=O)OC(C)(C)C)C(=O)Oc1ccc2c3c(c(=O)oc2c1)CCCC3. The Labute approximate surface area is 185 Å². The molecular formula is C23H29NO6S. The van der Waals surface area contributed by atoms with Gasteiger partial charge < -0.3 is 19.2 Å². The normalized spacial score (nSPS) is 14.6. The van der Waals surface area contributed by atoms with E-state index in [-0.39, 0.29) is 11.4 Å². The van der Waals surface area contributed by atoms with Gasteiger partial charge in [0, 0.05) is 17.0 Å². The van der Waals surface area contributed by atoms with Crippen molar-refractivity contribution in [3.63, 3.8) is 0 Å². The molecule has 7 nitrogen and oxygen atoms in total. The van der Waals surface area contributed by atoms with Crippen LogP contribution in [0.25, 0.3) is 11.0 Å². The molecule has 0 saturated carbocycles. The maximum absolute atomic E-state index is 12.8. The quantitative estimate of drug-likeness (QED) is 0.402. The zero-order chi connectivity index (χ0) is 22.6. The summed E-state index contributed by atoms with van der Waals surface area (Å²) in [5.41, 5.74) is 1.18. The number of thioether (sulfide) groups is 1. The van der Waals surface area contributed by atoms with E-state index in [1.165, 1.54) is 0 Å². The largest absolute Gasteiger partial charge is 0.444 e. The first-order valence-corrected chi connectivity index (χ1v) is 11.9. The van der Waals surface area contributed by atoms with Crippen LogP contribution >= 0.6 is 11.8 Å². The fourth-order valence-corrected chi connectivity index (χ4v) is 4.08. The first-order chi connectivity index (χ1) is 14.7. The van der Waals surface area contributed by atoms with Crippen LogP contribution in [0.4, 0.5) is 4.79 Å². The number of hydrogen-bond donors (Lipinski definition) is 1. The minimum absolute atomic E-state index is 0.261. The average molecular weight is 448 g/mol. The third-order valence-electron chi connectivity index (χ3n) is 5.00. The van der Waals surface area contributed by atoms with Gasteiger partial charge in [0.05, 0.1) is 0 Å². The van der Waals surface area contributed by atoms with Crippen molar-refractivity contribution in [1.29, 1.82) is 0 Å². The Morgan fingerprint density at radius 1 is 1.19 bits per heavy atom. The molecule has 0 radical (unpaired) electrons. The van der Waals surface area contributed by atoms with E-state index in [2.05, 4.69) is 5.32 Å². The minimum Gasteiger partial charge on any atom is -0.444 e. The summed E-state index contributed by atoms with van der Waals surface area (Å²) in [7, 11) is 0. The van der Waals surface area contributed by atoms with Gasteiger partial charge in [-0.05, 0) is 82.6 Å². The molecule has 31 heavy (non-hydrogen) atoms. The van der Waals surface area contributed by atoms with Gasteiger partial charge in [0.1, 0.15) is 23.0 Å². The van der Waals surface area contributed by atoms with Gasteiger partial charge in [-0.2, -0.15) is 11.8 Å². The lowest BCUT2D eigenvalue weighted by Gasteiger charge is -2.23. The van der Waals surface area contributed by atoms with Crippen LogP contribution in [0.5, 0.6) is 5.75 Å². The van der Waals surface area contributed by atoms with Crippen molar-refractivity contribution in [1.82, 2.24) is 5.32 Å². The van der Waals surface area contributed by atoms with Gasteiger partial charge in [-0.1, -0.05) is 0 Å². The summed E-state index contributed by atoms with van der Waals surface area (Å²) in [6.07, 6.45) is 5.24. The third kappa shape index (κ3) is 6.03. The summed E-state index contributed by atoms with van der Waals surface area (Å²) in [5, 5.41) is 3.47. The summed E-state index contributed by atoms with van der Waals surface area (Å²) in [6.45, 7) is 5.26. The van der Waals surface area contributed by atoms with Gasteiger partial charge in [0.15, 0.2) is 0 Å². The molecule has 1 aliphatic carbocycles. The molecule has 3 rings (SSSR count). The van der Waals surface area contributed by atoms with Gasteiger partial charge in [-0.25, -0.2) is 14.4 Å². The summed E-state index contributed by atoms with van der Waals surface area (Å²) < 4.78 is 16.3. The van der Waals surface area contributed by atoms with E-state index in [1.54, 1.807) is 44.7 Å². The van der Waals surface area contributed by atoms with Crippen LogP contribution in [0.1, 0.15) is 51.2 Å². The number of alkyl carbamates (subject to hydrolysis) is 1. The monoisotopic (exact) mass is 447 g/mol. The number of carbonyl (C=O) groups is 2. The van der Waals surface area contributed by atoms with Crippen molar-refractivity contribution < 1.29 is 23.5 Å². The standard InChI is InChI=1S/C23H29NO6S/c1-23(2,3)30-22(27)24-18(11-12-31-4)21(26)28-14-9-10-16-15-7-5-6-8-17(15)20(25)29-19(16)13-14/h9-10,13,18H,5-8,11-12H2,1-4H3,(H,24,27). The minimum atomic E-state index is -0.853. The van der Waals surface area contributed by atoms with Crippen molar-refractivity contribution in [3.8, 4) is 5.75 Å². The second-order valence-corrected chi connectivity index (χ2v) is 9.60. The van der Waals surface area contributed by atoms with E-state index in [4.69, 9.17) is 13.9 Å². The number of benzene rings is 1. The summed E-state index contributed by atoms with van der Waals surface area (Å²) >= 11 is 1.56. The van der Waals surface area contributed by atoms with Crippen LogP contribution in [0.2, 0.25) is 0 Å². The molecule has 0 saturated heterocycles. The van der Waals surface area contributed by atoms with Gasteiger partial charge in [0.2, 0.25) is 0 Å². The van der Waals surface area contributed by atoms with Crippen molar-refractivity contribution >= 4 is 34.8 Å². The predicted molar refractivity (Wildman–Crippen MR) is 121 cm³/mol. The molecule has 0 spiro atoms. The highest BCUT2D eigenvalue weighted by atomic mass is 32.2. The summed E-state index contributed by atoms with van der Waals surface area (Å²) in [6, 6.07) is 4.22. The summed E-state index contributed by atoms with van der Waals surface area (Å²) in [5.74, 6) is 0.324. The second kappa shape index (κ2) is 9.77. The number of hydrogen-bond acceptors (Lipinski definition) is 7. The van der Waals surface area contributed by atoms with E-state index in [0.717, 1.165) is 42.2 Å².